The number of hydrogen-bond acceptors (Lipinski definition) is 3. The molecule has 0 saturated carbocycles. The number of rotatable bonds is 2. The average Bonchev–Trinajstić information content (AvgIpc) is 2.44. The molecular weight excluding hydrogens is 271 g/mol. The molecule has 0 bridgehead atoms. The molecule has 1 N–H and O–H groups in total. The molecule has 0 unspecified atom stereocenters. The number of fused-ring (bicyclic) bond motifs is 2. The van der Waals surface area contributed by atoms with Crippen LogP contribution in [-0.4, -0.2) is 34.6 Å². The molecule has 0 atom stereocenters. The molecule has 3 rings (SSSR count). The van der Waals surface area contributed by atoms with Crippen molar-refractivity contribution in [2.75, 3.05) is 13.6 Å². The van der Waals surface area contributed by atoms with Gasteiger partial charge in [-0.25, -0.2) is 9.18 Å². The van der Waals surface area contributed by atoms with Crippen molar-refractivity contribution < 1.29 is 14.3 Å². The Balaban J connectivity index is 2.29. The van der Waals surface area contributed by atoms with Crippen LogP contribution in [0.25, 0.3) is 17.0 Å². The second-order valence-electron chi connectivity index (χ2n) is 5.27. The molecule has 2 aromatic rings. The first-order valence-corrected chi connectivity index (χ1v) is 6.75. The largest absolute Gasteiger partial charge is 0.478 e. The van der Waals surface area contributed by atoms with Crippen molar-refractivity contribution in [2.45, 2.75) is 13.0 Å². The van der Waals surface area contributed by atoms with Crippen LogP contribution < -0.4 is 0 Å². The second-order valence-corrected chi connectivity index (χ2v) is 5.27. The molecule has 4 nitrogen and oxygen atoms in total. The van der Waals surface area contributed by atoms with Crippen molar-refractivity contribution in [3.63, 3.8) is 0 Å². The standard InChI is InChI=1S/C16H15FN2O2/c1-19-7-6-15-13(9-19)11(3-5-16(20)21)12-8-10(17)2-4-14(12)18-15/h2-5,8H,6-7,9H2,1H3,(H,20,21)/b5-3+. The first-order valence-electron chi connectivity index (χ1n) is 6.75. The Kier molecular flexibility index (Phi) is 3.43. The summed E-state index contributed by atoms with van der Waals surface area (Å²) in [6.45, 7) is 1.60. The third-order valence-corrected chi connectivity index (χ3v) is 3.73. The summed E-state index contributed by atoms with van der Waals surface area (Å²) in [5.74, 6) is -1.37. The Morgan fingerprint density at radius 3 is 3.05 bits per heavy atom. The third-order valence-electron chi connectivity index (χ3n) is 3.73. The normalized spacial score (nSPS) is 15.5. The molecule has 5 heteroatoms. The number of likely N-dealkylation sites (N-methyl/N-ethyl adjacent to an activating group) is 1. The molecule has 1 aliphatic rings. The molecule has 2 heterocycles. The maximum atomic E-state index is 13.5. The molecule has 0 fully saturated rings. The van der Waals surface area contributed by atoms with Gasteiger partial charge in [0.1, 0.15) is 5.82 Å². The molecule has 1 aliphatic heterocycles. The lowest BCUT2D eigenvalue weighted by atomic mass is 9.95. The number of benzene rings is 1. The van der Waals surface area contributed by atoms with Crippen LogP contribution in [0, 0.1) is 5.82 Å². The summed E-state index contributed by atoms with van der Waals surface area (Å²) in [7, 11) is 2.00. The molecule has 0 aliphatic carbocycles. The third kappa shape index (κ3) is 2.64. The zero-order valence-electron chi connectivity index (χ0n) is 11.6. The second kappa shape index (κ2) is 5.26. The molecule has 0 spiro atoms. The summed E-state index contributed by atoms with van der Waals surface area (Å²) < 4.78 is 13.5. The Labute approximate surface area is 121 Å². The molecule has 108 valence electrons. The lowest BCUT2D eigenvalue weighted by Gasteiger charge is -2.26. The Morgan fingerprint density at radius 2 is 2.29 bits per heavy atom. The molecule has 1 aromatic heterocycles. The highest BCUT2D eigenvalue weighted by Gasteiger charge is 2.19. The van der Waals surface area contributed by atoms with Gasteiger partial charge < -0.3 is 10.0 Å². The summed E-state index contributed by atoms with van der Waals surface area (Å²) in [5.41, 5.74) is 3.41. The number of halogens is 1. The lowest BCUT2D eigenvalue weighted by Crippen LogP contribution is -2.28. The van der Waals surface area contributed by atoms with Gasteiger partial charge in [-0.15, -0.1) is 0 Å². The summed E-state index contributed by atoms with van der Waals surface area (Å²) in [6, 6.07) is 4.43. The fourth-order valence-electron chi connectivity index (χ4n) is 2.73. The number of hydrogen-bond donors (Lipinski definition) is 1. The van der Waals surface area contributed by atoms with Crippen molar-refractivity contribution >= 4 is 22.9 Å². The van der Waals surface area contributed by atoms with Gasteiger partial charge in [0.2, 0.25) is 0 Å². The molecular formula is C16H15FN2O2. The number of carboxylic acids is 1. The zero-order chi connectivity index (χ0) is 15.0. The summed E-state index contributed by atoms with van der Waals surface area (Å²) in [5, 5.41) is 9.52. The minimum Gasteiger partial charge on any atom is -0.478 e. The van der Waals surface area contributed by atoms with Gasteiger partial charge in [0.25, 0.3) is 0 Å². The molecule has 1 aromatic carbocycles. The number of carboxylic acid groups (broad SMARTS) is 1. The predicted molar refractivity (Wildman–Crippen MR) is 78.4 cm³/mol. The van der Waals surface area contributed by atoms with Crippen LogP contribution in [-0.2, 0) is 17.8 Å². The highest BCUT2D eigenvalue weighted by atomic mass is 19.1. The smallest absolute Gasteiger partial charge is 0.328 e. The van der Waals surface area contributed by atoms with E-state index in [1.54, 1.807) is 12.1 Å². The van der Waals surface area contributed by atoms with E-state index in [9.17, 15) is 9.18 Å². The number of aromatic nitrogens is 1. The Hall–Kier alpha value is -2.27. The maximum Gasteiger partial charge on any atom is 0.328 e. The van der Waals surface area contributed by atoms with Crippen LogP contribution in [0.15, 0.2) is 24.3 Å². The molecule has 0 amide bonds. The van der Waals surface area contributed by atoms with Crippen LogP contribution in [0.3, 0.4) is 0 Å². The van der Waals surface area contributed by atoms with Gasteiger partial charge in [0.15, 0.2) is 0 Å². The zero-order valence-corrected chi connectivity index (χ0v) is 11.6. The molecule has 0 saturated heterocycles. The van der Waals surface area contributed by atoms with E-state index in [0.29, 0.717) is 17.4 Å². The van der Waals surface area contributed by atoms with Gasteiger partial charge >= 0.3 is 5.97 Å². The minimum atomic E-state index is -1.02. The van der Waals surface area contributed by atoms with E-state index in [4.69, 9.17) is 5.11 Å². The van der Waals surface area contributed by atoms with Crippen LogP contribution in [0.5, 0.6) is 0 Å². The first-order chi connectivity index (χ1) is 10.0. The SMILES string of the molecule is CN1CCc2nc3ccc(F)cc3c(/C=C/C(=O)O)c2C1. The maximum absolute atomic E-state index is 13.5. The van der Waals surface area contributed by atoms with Crippen molar-refractivity contribution in [1.82, 2.24) is 9.88 Å². The van der Waals surface area contributed by atoms with Gasteiger partial charge in [0.05, 0.1) is 5.52 Å². The Bertz CT molecular complexity index is 756. The van der Waals surface area contributed by atoms with E-state index in [1.165, 1.54) is 12.1 Å². The molecule has 0 radical (unpaired) electrons. The number of nitrogens with zero attached hydrogens (tertiary/aromatic N) is 2. The van der Waals surface area contributed by atoms with Crippen molar-refractivity contribution in [3.05, 3.63) is 46.9 Å². The number of aliphatic carboxylic acids is 1. The van der Waals surface area contributed by atoms with Crippen LogP contribution in [0.1, 0.15) is 16.8 Å². The van der Waals surface area contributed by atoms with Gasteiger partial charge in [-0.3, -0.25) is 4.98 Å². The van der Waals surface area contributed by atoms with E-state index >= 15 is 0 Å². The van der Waals surface area contributed by atoms with Gasteiger partial charge in [-0.2, -0.15) is 0 Å². The van der Waals surface area contributed by atoms with E-state index < -0.39 is 5.97 Å². The Morgan fingerprint density at radius 1 is 1.48 bits per heavy atom. The fourth-order valence-corrected chi connectivity index (χ4v) is 2.73. The monoisotopic (exact) mass is 286 g/mol. The van der Waals surface area contributed by atoms with Crippen molar-refractivity contribution in [2.24, 2.45) is 0 Å². The van der Waals surface area contributed by atoms with Crippen LogP contribution in [0.4, 0.5) is 4.39 Å². The van der Waals surface area contributed by atoms with Crippen LogP contribution >= 0.6 is 0 Å². The quantitative estimate of drug-likeness (QED) is 0.862. The van der Waals surface area contributed by atoms with Gasteiger partial charge in [-0.05, 0) is 42.4 Å². The predicted octanol–water partition coefficient (Wildman–Crippen LogP) is 2.46. The topological polar surface area (TPSA) is 53.4 Å². The van der Waals surface area contributed by atoms with Crippen molar-refractivity contribution in [1.29, 1.82) is 0 Å². The van der Waals surface area contributed by atoms with E-state index in [1.807, 2.05) is 7.05 Å². The highest BCUT2D eigenvalue weighted by Crippen LogP contribution is 2.29. The van der Waals surface area contributed by atoms with E-state index in [2.05, 4.69) is 9.88 Å². The molecule has 21 heavy (non-hydrogen) atoms. The van der Waals surface area contributed by atoms with Gasteiger partial charge in [-0.1, -0.05) is 0 Å². The average molecular weight is 286 g/mol. The fraction of sp³-hybridized carbons (Fsp3) is 0.250. The lowest BCUT2D eigenvalue weighted by molar-refractivity contribution is -0.131. The summed E-state index contributed by atoms with van der Waals surface area (Å²) in [4.78, 5) is 17.6. The first kappa shape index (κ1) is 13.7. The summed E-state index contributed by atoms with van der Waals surface area (Å²) in [6.07, 6.45) is 3.45. The minimum absolute atomic E-state index is 0.349. The van der Waals surface area contributed by atoms with Crippen LogP contribution in [0.2, 0.25) is 0 Å². The van der Waals surface area contributed by atoms with Gasteiger partial charge in [0, 0.05) is 36.7 Å². The van der Waals surface area contributed by atoms with E-state index in [-0.39, 0.29) is 5.82 Å². The van der Waals surface area contributed by atoms with Crippen molar-refractivity contribution in [3.8, 4) is 0 Å². The van der Waals surface area contributed by atoms with E-state index in [0.717, 1.165) is 35.9 Å². The highest BCUT2D eigenvalue weighted by molar-refractivity contribution is 5.94. The summed E-state index contributed by atoms with van der Waals surface area (Å²) >= 11 is 0. The number of carbonyl (C=O) groups is 1. The number of pyridine rings is 1.